The van der Waals surface area contributed by atoms with Crippen molar-refractivity contribution in [3.63, 3.8) is 0 Å². The van der Waals surface area contributed by atoms with Crippen LogP contribution in [0.1, 0.15) is 13.8 Å². The molecule has 14 heavy (non-hydrogen) atoms. The monoisotopic (exact) mass is 205 g/mol. The number of nitrogens with two attached hydrogens (primary N) is 1. The molecule has 5 nitrogen and oxygen atoms in total. The van der Waals surface area contributed by atoms with Gasteiger partial charge < -0.3 is 25.8 Å². The summed E-state index contributed by atoms with van der Waals surface area (Å²) in [7, 11) is 0. The van der Waals surface area contributed by atoms with Crippen molar-refractivity contribution in [1.82, 2.24) is 0 Å². The number of aliphatic hydroxyl groups excluding tert-OH is 3. The third-order valence-electron chi connectivity index (χ3n) is 2.68. The van der Waals surface area contributed by atoms with Crippen LogP contribution in [0.25, 0.3) is 0 Å². The molecule has 5 atom stereocenters. The van der Waals surface area contributed by atoms with Crippen LogP contribution in [0.3, 0.4) is 0 Å². The van der Waals surface area contributed by atoms with Gasteiger partial charge in [0.2, 0.25) is 0 Å². The lowest BCUT2D eigenvalue weighted by Gasteiger charge is -2.42. The highest BCUT2D eigenvalue weighted by atomic mass is 16.5. The smallest absolute Gasteiger partial charge is 0.108 e. The van der Waals surface area contributed by atoms with Gasteiger partial charge in [0, 0.05) is 0 Å². The molecule has 0 radical (unpaired) electrons. The molecule has 1 fully saturated rings. The molecule has 3 unspecified atom stereocenters. The average molecular weight is 205 g/mol. The maximum absolute atomic E-state index is 9.70. The van der Waals surface area contributed by atoms with Crippen LogP contribution in [0, 0.1) is 5.92 Å². The van der Waals surface area contributed by atoms with Gasteiger partial charge in [0.1, 0.15) is 12.2 Å². The molecule has 0 saturated carbocycles. The Balaban J connectivity index is 2.73. The van der Waals surface area contributed by atoms with E-state index >= 15 is 0 Å². The van der Waals surface area contributed by atoms with Crippen molar-refractivity contribution in [2.45, 2.75) is 44.3 Å². The average Bonchev–Trinajstić information content (AvgIpc) is 2.14. The first kappa shape index (κ1) is 11.9. The topological polar surface area (TPSA) is 95.9 Å². The molecule has 1 rings (SSSR count). The molecule has 0 bridgehead atoms. The Morgan fingerprint density at radius 1 is 1.29 bits per heavy atom. The van der Waals surface area contributed by atoms with Crippen LogP contribution in [0.15, 0.2) is 0 Å². The summed E-state index contributed by atoms with van der Waals surface area (Å²) in [6.45, 7) is 3.50. The lowest BCUT2D eigenvalue weighted by Crippen LogP contribution is -2.63. The van der Waals surface area contributed by atoms with E-state index < -0.39 is 30.5 Å². The van der Waals surface area contributed by atoms with Gasteiger partial charge in [-0.15, -0.1) is 0 Å². The molecule has 0 aromatic rings. The predicted molar refractivity (Wildman–Crippen MR) is 50.6 cm³/mol. The lowest BCUT2D eigenvalue weighted by atomic mass is 9.88. The molecule has 84 valence electrons. The zero-order valence-corrected chi connectivity index (χ0v) is 8.50. The Kier molecular flexibility index (Phi) is 3.86. The van der Waals surface area contributed by atoms with Crippen molar-refractivity contribution in [3.05, 3.63) is 0 Å². The fourth-order valence-corrected chi connectivity index (χ4v) is 1.73. The van der Waals surface area contributed by atoms with Gasteiger partial charge in [-0.2, -0.15) is 0 Å². The van der Waals surface area contributed by atoms with Gasteiger partial charge in [-0.05, 0) is 5.92 Å². The lowest BCUT2D eigenvalue weighted by molar-refractivity contribution is -0.200. The molecular weight excluding hydrogens is 186 g/mol. The van der Waals surface area contributed by atoms with Crippen LogP contribution in [-0.4, -0.2) is 52.4 Å². The molecule has 0 aromatic carbocycles. The minimum atomic E-state index is -1.01. The molecule has 0 amide bonds. The summed E-state index contributed by atoms with van der Waals surface area (Å²) in [5, 5.41) is 28.2. The molecule has 0 aromatic heterocycles. The Morgan fingerprint density at radius 2 is 1.86 bits per heavy atom. The van der Waals surface area contributed by atoms with Crippen molar-refractivity contribution >= 4 is 0 Å². The first-order chi connectivity index (χ1) is 6.49. The molecule has 1 aliphatic rings. The van der Waals surface area contributed by atoms with Crippen molar-refractivity contribution in [3.8, 4) is 0 Å². The molecule has 5 N–H and O–H groups in total. The van der Waals surface area contributed by atoms with E-state index in [2.05, 4.69) is 0 Å². The molecule has 1 saturated heterocycles. The number of hydrogen-bond donors (Lipinski definition) is 4. The fourth-order valence-electron chi connectivity index (χ4n) is 1.73. The van der Waals surface area contributed by atoms with Crippen molar-refractivity contribution in [2.24, 2.45) is 11.7 Å². The van der Waals surface area contributed by atoms with E-state index in [-0.39, 0.29) is 12.5 Å². The highest BCUT2D eigenvalue weighted by Gasteiger charge is 2.43. The van der Waals surface area contributed by atoms with Crippen LogP contribution in [0.5, 0.6) is 0 Å². The second-order valence-corrected chi connectivity index (χ2v) is 4.12. The Bertz CT molecular complexity index is 186. The van der Waals surface area contributed by atoms with E-state index in [0.29, 0.717) is 0 Å². The van der Waals surface area contributed by atoms with Crippen LogP contribution in [-0.2, 0) is 4.74 Å². The van der Waals surface area contributed by atoms with Crippen molar-refractivity contribution in [1.29, 1.82) is 0 Å². The Hall–Kier alpha value is -0.200. The van der Waals surface area contributed by atoms with Crippen LogP contribution in [0.2, 0.25) is 0 Å². The summed E-state index contributed by atoms with van der Waals surface area (Å²) in [4.78, 5) is 0. The minimum absolute atomic E-state index is 0.0950. The summed E-state index contributed by atoms with van der Waals surface area (Å²) in [5.74, 6) is 0.0950. The van der Waals surface area contributed by atoms with Gasteiger partial charge in [0.05, 0.1) is 24.9 Å². The predicted octanol–water partition coefficient (Wildman–Crippen LogP) is -1.55. The SMILES string of the molecule is CC(C)[C@H]1OC(CO)C(O)[C@H](N)C1O. The molecule has 1 aliphatic heterocycles. The second kappa shape index (κ2) is 4.55. The van der Waals surface area contributed by atoms with E-state index in [4.69, 9.17) is 15.6 Å². The largest absolute Gasteiger partial charge is 0.394 e. The number of ether oxygens (including phenoxy) is 1. The van der Waals surface area contributed by atoms with Crippen molar-refractivity contribution < 1.29 is 20.1 Å². The summed E-state index contributed by atoms with van der Waals surface area (Å²) in [6, 6.07) is -0.756. The number of rotatable bonds is 2. The highest BCUT2D eigenvalue weighted by Crippen LogP contribution is 2.24. The summed E-state index contributed by atoms with van der Waals surface area (Å²) >= 11 is 0. The number of aliphatic hydroxyl groups is 3. The molecular formula is C9H19NO4. The minimum Gasteiger partial charge on any atom is -0.394 e. The molecule has 0 aliphatic carbocycles. The zero-order valence-electron chi connectivity index (χ0n) is 8.50. The summed E-state index contributed by atoms with van der Waals surface area (Å²) in [5.41, 5.74) is 5.62. The summed E-state index contributed by atoms with van der Waals surface area (Å²) < 4.78 is 5.36. The standard InChI is InChI=1S/C9H19NO4/c1-4(2)9-8(13)6(10)7(12)5(3-11)14-9/h4-9,11-13H,3,10H2,1-2H3/t5?,6-,7?,8?,9+/m0/s1. The second-order valence-electron chi connectivity index (χ2n) is 4.12. The van der Waals surface area contributed by atoms with E-state index in [1.807, 2.05) is 13.8 Å². The van der Waals surface area contributed by atoms with Gasteiger partial charge in [-0.25, -0.2) is 0 Å². The number of hydrogen-bond acceptors (Lipinski definition) is 5. The van der Waals surface area contributed by atoms with Gasteiger partial charge in [0.15, 0.2) is 0 Å². The summed E-state index contributed by atoms with van der Waals surface area (Å²) in [6.07, 6.45) is -3.01. The molecule has 5 heteroatoms. The van der Waals surface area contributed by atoms with Gasteiger partial charge in [-0.3, -0.25) is 0 Å². The third-order valence-corrected chi connectivity index (χ3v) is 2.68. The Morgan fingerprint density at radius 3 is 2.29 bits per heavy atom. The quantitative estimate of drug-likeness (QED) is 0.438. The van der Waals surface area contributed by atoms with Crippen LogP contribution >= 0.6 is 0 Å². The van der Waals surface area contributed by atoms with E-state index in [1.54, 1.807) is 0 Å². The van der Waals surface area contributed by atoms with E-state index in [9.17, 15) is 10.2 Å². The van der Waals surface area contributed by atoms with Gasteiger partial charge in [-0.1, -0.05) is 13.8 Å². The molecule has 0 spiro atoms. The molecule has 1 heterocycles. The van der Waals surface area contributed by atoms with Gasteiger partial charge >= 0.3 is 0 Å². The van der Waals surface area contributed by atoms with Crippen LogP contribution < -0.4 is 5.73 Å². The highest BCUT2D eigenvalue weighted by molar-refractivity contribution is 4.95. The first-order valence-electron chi connectivity index (χ1n) is 4.87. The fraction of sp³-hybridized carbons (Fsp3) is 1.00. The van der Waals surface area contributed by atoms with Crippen LogP contribution in [0.4, 0.5) is 0 Å². The normalized spacial score (nSPS) is 44.4. The first-order valence-corrected chi connectivity index (χ1v) is 4.87. The van der Waals surface area contributed by atoms with E-state index in [1.165, 1.54) is 0 Å². The van der Waals surface area contributed by atoms with Gasteiger partial charge in [0.25, 0.3) is 0 Å². The maximum Gasteiger partial charge on any atom is 0.108 e. The zero-order chi connectivity index (χ0) is 10.9. The Labute approximate surface area is 83.5 Å². The van der Waals surface area contributed by atoms with E-state index in [0.717, 1.165) is 0 Å². The third kappa shape index (κ3) is 2.07. The maximum atomic E-state index is 9.70. The van der Waals surface area contributed by atoms with Crippen molar-refractivity contribution in [2.75, 3.05) is 6.61 Å².